The summed E-state index contributed by atoms with van der Waals surface area (Å²) in [4.78, 5) is 26.5. The first-order valence-corrected chi connectivity index (χ1v) is 10.8. The summed E-state index contributed by atoms with van der Waals surface area (Å²) in [5.74, 6) is -0.365. The van der Waals surface area contributed by atoms with E-state index >= 15 is 0 Å². The molecule has 1 aliphatic heterocycles. The van der Waals surface area contributed by atoms with Gasteiger partial charge in [-0.15, -0.1) is 0 Å². The van der Waals surface area contributed by atoms with E-state index in [9.17, 15) is 9.59 Å². The van der Waals surface area contributed by atoms with Gasteiger partial charge >= 0.3 is 0 Å². The molecule has 31 heavy (non-hydrogen) atoms. The third-order valence-corrected chi connectivity index (χ3v) is 6.00. The fourth-order valence-electron chi connectivity index (χ4n) is 4.55. The predicted molar refractivity (Wildman–Crippen MR) is 122 cm³/mol. The number of benzene rings is 2. The van der Waals surface area contributed by atoms with Gasteiger partial charge < -0.3 is 15.4 Å². The van der Waals surface area contributed by atoms with E-state index in [0.29, 0.717) is 24.3 Å². The van der Waals surface area contributed by atoms with Crippen molar-refractivity contribution >= 4 is 17.4 Å². The van der Waals surface area contributed by atoms with E-state index in [2.05, 4.69) is 17.2 Å². The first-order chi connectivity index (χ1) is 15.0. The molecule has 1 aliphatic carbocycles. The standard InChI is InChI=1S/C26H28N2O3/c1-4-31-19-11-7-10-18(15-19)24-23(26(30)28-20-12-6-5-9-16(20)2)17(3)27-21-13-8-14-22(29)25(21)24/h5-7,9-12,15,23-24,27H,3-4,8,13-14H2,1-2H3,(H,28,30). The monoisotopic (exact) mass is 416 g/mol. The van der Waals surface area contributed by atoms with E-state index in [4.69, 9.17) is 4.74 Å². The Hall–Kier alpha value is -3.34. The Morgan fingerprint density at radius 1 is 1.19 bits per heavy atom. The van der Waals surface area contributed by atoms with Crippen molar-refractivity contribution in [2.75, 3.05) is 11.9 Å². The van der Waals surface area contributed by atoms with E-state index < -0.39 is 11.8 Å². The summed E-state index contributed by atoms with van der Waals surface area (Å²) < 4.78 is 5.69. The van der Waals surface area contributed by atoms with Gasteiger partial charge in [0.2, 0.25) is 5.91 Å². The molecule has 4 rings (SSSR count). The SMILES string of the molecule is C=C1NC2=C(C(=O)CCC2)C(c2cccc(OCC)c2)C1C(=O)Nc1ccccc1C. The second-order valence-electron chi connectivity index (χ2n) is 8.08. The number of carbonyl (C=O) groups is 2. The molecule has 2 atom stereocenters. The summed E-state index contributed by atoms with van der Waals surface area (Å²) in [5, 5.41) is 6.35. The number of Topliss-reactive ketones (excluding diaryl/α,β-unsaturated/α-hetero) is 1. The molecule has 2 N–H and O–H groups in total. The number of anilines is 1. The van der Waals surface area contributed by atoms with Crippen molar-refractivity contribution in [1.29, 1.82) is 0 Å². The highest BCUT2D eigenvalue weighted by atomic mass is 16.5. The van der Waals surface area contributed by atoms with Gasteiger partial charge in [0, 0.05) is 35.0 Å². The quantitative estimate of drug-likeness (QED) is 0.731. The fraction of sp³-hybridized carbons (Fsp3) is 0.308. The molecule has 2 aromatic carbocycles. The molecule has 0 saturated heterocycles. The van der Waals surface area contributed by atoms with E-state index in [1.807, 2.05) is 62.4 Å². The van der Waals surface area contributed by atoms with Gasteiger partial charge in [-0.05, 0) is 56.0 Å². The summed E-state index contributed by atoms with van der Waals surface area (Å²) in [6.07, 6.45) is 2.10. The molecule has 0 spiro atoms. The number of carbonyl (C=O) groups excluding carboxylic acids is 2. The van der Waals surface area contributed by atoms with Crippen LogP contribution >= 0.6 is 0 Å². The molecule has 2 aromatic rings. The minimum Gasteiger partial charge on any atom is -0.494 e. The average molecular weight is 417 g/mol. The molecule has 1 amide bonds. The minimum absolute atomic E-state index is 0.0988. The number of allylic oxidation sites excluding steroid dienone is 2. The zero-order valence-electron chi connectivity index (χ0n) is 18.0. The highest BCUT2D eigenvalue weighted by Gasteiger charge is 2.43. The molecular weight excluding hydrogens is 388 g/mol. The van der Waals surface area contributed by atoms with Crippen LogP contribution in [0.25, 0.3) is 0 Å². The van der Waals surface area contributed by atoms with Crippen LogP contribution in [-0.4, -0.2) is 18.3 Å². The Morgan fingerprint density at radius 3 is 2.77 bits per heavy atom. The number of para-hydroxylation sites is 1. The summed E-state index contributed by atoms with van der Waals surface area (Å²) in [6.45, 7) is 8.62. The number of amides is 1. The normalized spacial score (nSPS) is 20.7. The highest BCUT2D eigenvalue weighted by Crippen LogP contribution is 2.45. The molecule has 0 bridgehead atoms. The number of hydrogen-bond acceptors (Lipinski definition) is 4. The molecule has 2 unspecified atom stereocenters. The summed E-state index contributed by atoms with van der Waals surface area (Å²) in [6, 6.07) is 15.4. The fourth-order valence-corrected chi connectivity index (χ4v) is 4.55. The Labute approximate surface area is 183 Å². The molecule has 0 radical (unpaired) electrons. The lowest BCUT2D eigenvalue weighted by atomic mass is 9.71. The van der Waals surface area contributed by atoms with Crippen LogP contribution in [-0.2, 0) is 9.59 Å². The van der Waals surface area contributed by atoms with Crippen LogP contribution in [0.2, 0.25) is 0 Å². The van der Waals surface area contributed by atoms with E-state index in [1.54, 1.807) is 0 Å². The third kappa shape index (κ3) is 4.13. The van der Waals surface area contributed by atoms with Gasteiger partial charge in [0.05, 0.1) is 12.5 Å². The average Bonchev–Trinajstić information content (AvgIpc) is 2.75. The van der Waals surface area contributed by atoms with Crippen LogP contribution in [0.5, 0.6) is 5.75 Å². The van der Waals surface area contributed by atoms with Crippen molar-refractivity contribution < 1.29 is 14.3 Å². The van der Waals surface area contributed by atoms with Gasteiger partial charge in [-0.2, -0.15) is 0 Å². The van der Waals surface area contributed by atoms with Crippen LogP contribution in [0.1, 0.15) is 43.2 Å². The summed E-state index contributed by atoms with van der Waals surface area (Å²) in [7, 11) is 0. The van der Waals surface area contributed by atoms with Gasteiger partial charge in [-0.1, -0.05) is 36.9 Å². The Balaban J connectivity index is 1.78. The van der Waals surface area contributed by atoms with Crippen LogP contribution in [0.3, 0.4) is 0 Å². The summed E-state index contributed by atoms with van der Waals surface area (Å²) >= 11 is 0. The Bertz CT molecular complexity index is 1070. The number of hydrogen-bond donors (Lipinski definition) is 2. The minimum atomic E-state index is -0.614. The lowest BCUT2D eigenvalue weighted by molar-refractivity contribution is -0.120. The molecule has 2 aliphatic rings. The molecule has 1 heterocycles. The topological polar surface area (TPSA) is 67.4 Å². The molecular formula is C26H28N2O3. The highest BCUT2D eigenvalue weighted by molar-refractivity contribution is 6.03. The lowest BCUT2D eigenvalue weighted by Crippen LogP contribution is -2.42. The van der Waals surface area contributed by atoms with E-state index in [-0.39, 0.29) is 11.7 Å². The number of ether oxygens (including phenoxy) is 1. The van der Waals surface area contributed by atoms with Crippen LogP contribution in [0.15, 0.2) is 72.1 Å². The first-order valence-electron chi connectivity index (χ1n) is 10.8. The van der Waals surface area contributed by atoms with Crippen LogP contribution < -0.4 is 15.4 Å². The van der Waals surface area contributed by atoms with Crippen molar-refractivity contribution in [1.82, 2.24) is 5.32 Å². The molecule has 0 aromatic heterocycles. The summed E-state index contributed by atoms with van der Waals surface area (Å²) in [5.41, 5.74) is 4.85. The molecule has 0 saturated carbocycles. The molecule has 0 fully saturated rings. The second kappa shape index (κ2) is 8.80. The number of aryl methyl sites for hydroxylation is 1. The first kappa shape index (κ1) is 20.9. The van der Waals surface area contributed by atoms with Gasteiger partial charge in [-0.3, -0.25) is 9.59 Å². The van der Waals surface area contributed by atoms with Crippen molar-refractivity contribution in [3.8, 4) is 5.75 Å². The number of ketones is 1. The number of nitrogens with one attached hydrogen (secondary N) is 2. The third-order valence-electron chi connectivity index (χ3n) is 6.00. The smallest absolute Gasteiger partial charge is 0.234 e. The van der Waals surface area contributed by atoms with Crippen molar-refractivity contribution in [2.24, 2.45) is 5.92 Å². The van der Waals surface area contributed by atoms with Crippen LogP contribution in [0.4, 0.5) is 5.69 Å². The van der Waals surface area contributed by atoms with Gasteiger partial charge in [-0.25, -0.2) is 0 Å². The lowest BCUT2D eigenvalue weighted by Gasteiger charge is -2.38. The maximum absolute atomic E-state index is 13.5. The van der Waals surface area contributed by atoms with Crippen molar-refractivity contribution in [3.63, 3.8) is 0 Å². The molecule has 160 valence electrons. The Morgan fingerprint density at radius 2 is 2.00 bits per heavy atom. The van der Waals surface area contributed by atoms with E-state index in [0.717, 1.165) is 41.1 Å². The molecule has 5 nitrogen and oxygen atoms in total. The maximum Gasteiger partial charge on any atom is 0.234 e. The zero-order chi connectivity index (χ0) is 22.0. The molecule has 5 heteroatoms. The maximum atomic E-state index is 13.5. The largest absolute Gasteiger partial charge is 0.494 e. The van der Waals surface area contributed by atoms with E-state index in [1.165, 1.54) is 0 Å². The van der Waals surface area contributed by atoms with Gasteiger partial charge in [0.25, 0.3) is 0 Å². The van der Waals surface area contributed by atoms with Crippen LogP contribution in [0, 0.1) is 12.8 Å². The second-order valence-corrected chi connectivity index (χ2v) is 8.08. The zero-order valence-corrected chi connectivity index (χ0v) is 18.0. The van der Waals surface area contributed by atoms with Crippen molar-refractivity contribution in [2.45, 2.75) is 39.0 Å². The Kier molecular flexibility index (Phi) is 5.94. The van der Waals surface area contributed by atoms with Gasteiger partial charge in [0.1, 0.15) is 5.75 Å². The van der Waals surface area contributed by atoms with Gasteiger partial charge in [0.15, 0.2) is 5.78 Å². The predicted octanol–water partition coefficient (Wildman–Crippen LogP) is 4.86. The number of rotatable bonds is 5. The van der Waals surface area contributed by atoms with Crippen molar-refractivity contribution in [3.05, 3.63) is 83.2 Å².